The molecule has 0 radical (unpaired) electrons. The number of rotatable bonds is 10. The van der Waals surface area contributed by atoms with Crippen molar-refractivity contribution < 1.29 is 14.7 Å². The van der Waals surface area contributed by atoms with Crippen LogP contribution in [0.15, 0.2) is 61.1 Å². The minimum absolute atomic E-state index is 0.374. The fraction of sp³-hybridized carbons (Fsp3) is 0.261. The Balaban J connectivity index is 1.86. The van der Waals surface area contributed by atoms with Crippen LogP contribution in [-0.2, 0) is 17.6 Å². The average molecular weight is 424 g/mol. The van der Waals surface area contributed by atoms with Crippen LogP contribution in [0.1, 0.15) is 28.0 Å². The minimum Gasteiger partial charge on any atom is -0.480 e. The number of imidazole rings is 1. The summed E-state index contributed by atoms with van der Waals surface area (Å²) in [4.78, 5) is 31.7. The topological polar surface area (TPSA) is 95.1 Å². The standard InChI is InChI=1S/C23H25N3O3S/c1-30-12-11-21(23(28)29)26-22(27)19-10-8-16(7-9-18-14-24-15-25-18)13-20(19)17-5-3-2-4-6-17/h2-6,8,10,13-15,21H,7,9,11-12H2,1H3,(H,24,25)(H,26,27)(H,28,29). The van der Waals surface area contributed by atoms with E-state index in [0.717, 1.165) is 35.2 Å². The van der Waals surface area contributed by atoms with Gasteiger partial charge in [0.25, 0.3) is 5.91 Å². The molecule has 3 N–H and O–H groups in total. The number of aryl methyl sites for hydroxylation is 2. The number of carbonyl (C=O) groups excluding carboxylic acids is 1. The van der Waals surface area contributed by atoms with E-state index in [4.69, 9.17) is 0 Å². The van der Waals surface area contributed by atoms with E-state index >= 15 is 0 Å². The highest BCUT2D eigenvalue weighted by atomic mass is 32.2. The smallest absolute Gasteiger partial charge is 0.326 e. The third-order valence-electron chi connectivity index (χ3n) is 4.85. The Hall–Kier alpha value is -3.06. The minimum atomic E-state index is -1.02. The number of aromatic amines is 1. The van der Waals surface area contributed by atoms with Gasteiger partial charge in [0, 0.05) is 11.8 Å². The normalized spacial score (nSPS) is 11.8. The maximum atomic E-state index is 13.0. The largest absolute Gasteiger partial charge is 0.480 e. The first kappa shape index (κ1) is 21.6. The Bertz CT molecular complexity index is 975. The lowest BCUT2D eigenvalue weighted by Gasteiger charge is -2.17. The van der Waals surface area contributed by atoms with E-state index in [2.05, 4.69) is 15.3 Å². The number of nitrogens with one attached hydrogen (secondary N) is 2. The third-order valence-corrected chi connectivity index (χ3v) is 5.50. The molecule has 2 aromatic carbocycles. The van der Waals surface area contributed by atoms with Crippen molar-refractivity contribution in [3.8, 4) is 11.1 Å². The second-order valence-electron chi connectivity index (χ2n) is 6.95. The van der Waals surface area contributed by atoms with E-state index in [1.807, 2.05) is 54.9 Å². The van der Waals surface area contributed by atoms with Gasteiger partial charge < -0.3 is 15.4 Å². The van der Waals surface area contributed by atoms with Gasteiger partial charge in [-0.2, -0.15) is 11.8 Å². The number of carboxylic acid groups (broad SMARTS) is 1. The number of hydrogen-bond acceptors (Lipinski definition) is 4. The van der Waals surface area contributed by atoms with Crippen molar-refractivity contribution in [3.05, 3.63) is 77.9 Å². The molecule has 1 aromatic heterocycles. The summed E-state index contributed by atoms with van der Waals surface area (Å²) in [5.74, 6) is -0.731. The fourth-order valence-electron chi connectivity index (χ4n) is 3.23. The number of aromatic nitrogens is 2. The number of thioether (sulfide) groups is 1. The van der Waals surface area contributed by atoms with Crippen molar-refractivity contribution in [3.63, 3.8) is 0 Å². The molecule has 1 heterocycles. The summed E-state index contributed by atoms with van der Waals surface area (Å²) in [6, 6.07) is 14.5. The number of benzene rings is 2. The van der Waals surface area contributed by atoms with Gasteiger partial charge in [-0.3, -0.25) is 4.79 Å². The zero-order valence-corrected chi connectivity index (χ0v) is 17.6. The molecule has 1 unspecified atom stereocenters. The zero-order chi connectivity index (χ0) is 21.3. The average Bonchev–Trinajstić information content (AvgIpc) is 3.29. The lowest BCUT2D eigenvalue weighted by molar-refractivity contribution is -0.139. The molecule has 30 heavy (non-hydrogen) atoms. The summed E-state index contributed by atoms with van der Waals surface area (Å²) in [5.41, 5.74) is 4.25. The molecule has 0 fully saturated rings. The third kappa shape index (κ3) is 5.73. The van der Waals surface area contributed by atoms with Crippen molar-refractivity contribution >= 4 is 23.6 Å². The van der Waals surface area contributed by atoms with E-state index in [1.54, 1.807) is 24.2 Å². The number of amides is 1. The Morgan fingerprint density at radius 3 is 2.63 bits per heavy atom. The summed E-state index contributed by atoms with van der Waals surface area (Å²) in [7, 11) is 0. The molecular weight excluding hydrogens is 398 g/mol. The van der Waals surface area contributed by atoms with Crippen LogP contribution in [0.5, 0.6) is 0 Å². The van der Waals surface area contributed by atoms with Crippen LogP contribution in [-0.4, -0.2) is 45.0 Å². The summed E-state index contributed by atoms with van der Waals surface area (Å²) < 4.78 is 0. The summed E-state index contributed by atoms with van der Waals surface area (Å²) >= 11 is 1.55. The molecule has 0 aliphatic carbocycles. The van der Waals surface area contributed by atoms with Crippen LogP contribution in [0, 0.1) is 0 Å². The molecule has 156 valence electrons. The van der Waals surface area contributed by atoms with Gasteiger partial charge in [-0.1, -0.05) is 42.5 Å². The first-order valence-electron chi connectivity index (χ1n) is 9.77. The zero-order valence-electron chi connectivity index (χ0n) is 16.8. The van der Waals surface area contributed by atoms with Crippen LogP contribution in [0.2, 0.25) is 0 Å². The molecule has 1 atom stereocenters. The molecule has 0 aliphatic heterocycles. The van der Waals surface area contributed by atoms with Gasteiger partial charge in [0.15, 0.2) is 0 Å². The van der Waals surface area contributed by atoms with Gasteiger partial charge >= 0.3 is 5.97 Å². The van der Waals surface area contributed by atoms with Gasteiger partial charge in [-0.05, 0) is 54.0 Å². The molecule has 0 saturated carbocycles. The lowest BCUT2D eigenvalue weighted by Crippen LogP contribution is -2.41. The maximum absolute atomic E-state index is 13.0. The first-order valence-corrected chi connectivity index (χ1v) is 11.2. The fourth-order valence-corrected chi connectivity index (χ4v) is 3.70. The monoisotopic (exact) mass is 423 g/mol. The maximum Gasteiger partial charge on any atom is 0.326 e. The summed E-state index contributed by atoms with van der Waals surface area (Å²) in [5, 5.41) is 12.1. The van der Waals surface area contributed by atoms with E-state index in [1.165, 1.54) is 0 Å². The van der Waals surface area contributed by atoms with E-state index < -0.39 is 12.0 Å². The van der Waals surface area contributed by atoms with Gasteiger partial charge in [0.1, 0.15) is 6.04 Å². The molecular formula is C23H25N3O3S. The summed E-state index contributed by atoms with van der Waals surface area (Å²) in [6.45, 7) is 0. The molecule has 0 bridgehead atoms. The predicted octanol–water partition coefficient (Wildman–Crippen LogP) is 3.80. The van der Waals surface area contributed by atoms with Gasteiger partial charge in [-0.15, -0.1) is 0 Å². The van der Waals surface area contributed by atoms with E-state index in [0.29, 0.717) is 17.7 Å². The van der Waals surface area contributed by atoms with Crippen LogP contribution in [0.4, 0.5) is 0 Å². The van der Waals surface area contributed by atoms with Crippen molar-refractivity contribution in [2.45, 2.75) is 25.3 Å². The highest BCUT2D eigenvalue weighted by molar-refractivity contribution is 7.98. The van der Waals surface area contributed by atoms with Crippen LogP contribution >= 0.6 is 11.8 Å². The van der Waals surface area contributed by atoms with Gasteiger partial charge in [-0.25, -0.2) is 9.78 Å². The molecule has 7 heteroatoms. The predicted molar refractivity (Wildman–Crippen MR) is 120 cm³/mol. The molecule has 3 aromatic rings. The van der Waals surface area contributed by atoms with E-state index in [9.17, 15) is 14.7 Å². The molecule has 0 aliphatic rings. The number of carbonyl (C=O) groups is 2. The van der Waals surface area contributed by atoms with Gasteiger partial charge in [0.05, 0.1) is 12.0 Å². The molecule has 0 saturated heterocycles. The van der Waals surface area contributed by atoms with Crippen LogP contribution in [0.25, 0.3) is 11.1 Å². The highest BCUT2D eigenvalue weighted by Gasteiger charge is 2.22. The Labute approximate surface area is 180 Å². The number of carboxylic acids is 1. The molecule has 6 nitrogen and oxygen atoms in total. The number of H-pyrrole nitrogens is 1. The van der Waals surface area contributed by atoms with Crippen LogP contribution < -0.4 is 5.32 Å². The van der Waals surface area contributed by atoms with E-state index in [-0.39, 0.29) is 5.91 Å². The number of aliphatic carboxylic acids is 1. The van der Waals surface area contributed by atoms with Gasteiger partial charge in [0.2, 0.25) is 0 Å². The molecule has 1 amide bonds. The second kappa shape index (κ2) is 10.6. The Kier molecular flexibility index (Phi) is 7.68. The SMILES string of the molecule is CSCCC(NC(=O)c1ccc(CCc2c[nH]cn2)cc1-c1ccccc1)C(=O)O. The van der Waals surface area contributed by atoms with Crippen molar-refractivity contribution in [1.29, 1.82) is 0 Å². The van der Waals surface area contributed by atoms with Crippen molar-refractivity contribution in [1.82, 2.24) is 15.3 Å². The van der Waals surface area contributed by atoms with Crippen molar-refractivity contribution in [2.75, 3.05) is 12.0 Å². The summed E-state index contributed by atoms with van der Waals surface area (Å²) in [6.07, 6.45) is 7.41. The highest BCUT2D eigenvalue weighted by Crippen LogP contribution is 2.26. The first-order chi connectivity index (χ1) is 14.6. The van der Waals surface area contributed by atoms with Crippen molar-refractivity contribution in [2.24, 2.45) is 0 Å². The Morgan fingerprint density at radius 2 is 1.97 bits per heavy atom. The van der Waals surface area contributed by atoms with Crippen LogP contribution in [0.3, 0.4) is 0 Å². The quantitative estimate of drug-likeness (QED) is 0.461. The molecule has 0 spiro atoms. The number of nitrogens with zero attached hydrogens (tertiary/aromatic N) is 1. The second-order valence-corrected chi connectivity index (χ2v) is 7.94. The number of hydrogen-bond donors (Lipinski definition) is 3. The lowest BCUT2D eigenvalue weighted by atomic mass is 9.95. The Morgan fingerprint density at radius 1 is 1.17 bits per heavy atom. The molecule has 3 rings (SSSR count).